The van der Waals surface area contributed by atoms with Crippen molar-refractivity contribution in [2.24, 2.45) is 5.92 Å². The number of hydrogen-bond donors (Lipinski definition) is 2. The summed E-state index contributed by atoms with van der Waals surface area (Å²) in [5, 5.41) is 13.2. The molecule has 0 aromatic carbocycles. The van der Waals surface area contributed by atoms with Crippen molar-refractivity contribution in [3.8, 4) is 0 Å². The van der Waals surface area contributed by atoms with Gasteiger partial charge in [0, 0.05) is 18.0 Å². The third-order valence-electron chi connectivity index (χ3n) is 4.93. The Bertz CT molecular complexity index is 332. The first-order valence-electron chi connectivity index (χ1n) is 8.25. The zero-order chi connectivity index (χ0) is 14.7. The number of likely N-dealkylation sites (tertiary alicyclic amines) is 1. The first-order chi connectivity index (χ1) is 9.50. The summed E-state index contributed by atoms with van der Waals surface area (Å²) >= 11 is 0. The largest absolute Gasteiger partial charge is 0.393 e. The van der Waals surface area contributed by atoms with E-state index in [9.17, 15) is 9.90 Å². The Labute approximate surface area is 122 Å². The molecule has 4 unspecified atom stereocenters. The second-order valence-corrected chi connectivity index (χ2v) is 6.80. The number of carbonyl (C=O) groups excluding carboxylic acids is 1. The van der Waals surface area contributed by atoms with Gasteiger partial charge in [0.25, 0.3) is 0 Å². The summed E-state index contributed by atoms with van der Waals surface area (Å²) in [6.07, 6.45) is 6.52. The molecule has 4 atom stereocenters. The van der Waals surface area contributed by atoms with E-state index < -0.39 is 0 Å². The van der Waals surface area contributed by atoms with Gasteiger partial charge in [0.1, 0.15) is 0 Å². The van der Waals surface area contributed by atoms with E-state index >= 15 is 0 Å². The molecule has 4 nitrogen and oxygen atoms in total. The third kappa shape index (κ3) is 3.53. The van der Waals surface area contributed by atoms with E-state index in [2.05, 4.69) is 10.2 Å². The molecule has 1 aliphatic carbocycles. The summed E-state index contributed by atoms with van der Waals surface area (Å²) in [5.41, 5.74) is 0. The quantitative estimate of drug-likeness (QED) is 0.828. The Kier molecular flexibility index (Phi) is 5.44. The zero-order valence-corrected chi connectivity index (χ0v) is 13.1. The summed E-state index contributed by atoms with van der Waals surface area (Å²) in [4.78, 5) is 14.6. The maximum absolute atomic E-state index is 12.3. The van der Waals surface area contributed by atoms with E-state index in [1.165, 1.54) is 12.8 Å². The molecule has 1 amide bonds. The topological polar surface area (TPSA) is 52.6 Å². The van der Waals surface area contributed by atoms with Crippen LogP contribution in [-0.2, 0) is 4.79 Å². The van der Waals surface area contributed by atoms with Gasteiger partial charge in [-0.3, -0.25) is 9.69 Å². The average molecular weight is 282 g/mol. The molecule has 20 heavy (non-hydrogen) atoms. The van der Waals surface area contributed by atoms with Crippen molar-refractivity contribution in [1.29, 1.82) is 0 Å². The van der Waals surface area contributed by atoms with Crippen molar-refractivity contribution in [3.05, 3.63) is 0 Å². The highest BCUT2D eigenvalue weighted by molar-refractivity contribution is 5.81. The fourth-order valence-corrected chi connectivity index (χ4v) is 3.89. The lowest BCUT2D eigenvalue weighted by Gasteiger charge is -2.43. The minimum atomic E-state index is -0.166. The highest BCUT2D eigenvalue weighted by Crippen LogP contribution is 2.36. The first-order valence-corrected chi connectivity index (χ1v) is 8.25. The van der Waals surface area contributed by atoms with Gasteiger partial charge < -0.3 is 10.4 Å². The Morgan fingerprint density at radius 3 is 2.50 bits per heavy atom. The molecule has 0 aromatic rings. The average Bonchev–Trinajstić information content (AvgIpc) is 2.83. The van der Waals surface area contributed by atoms with Gasteiger partial charge in [0.15, 0.2) is 0 Å². The van der Waals surface area contributed by atoms with Crippen molar-refractivity contribution >= 4 is 5.91 Å². The predicted octanol–water partition coefficient (Wildman–Crippen LogP) is 1.91. The number of amides is 1. The van der Waals surface area contributed by atoms with Crippen LogP contribution in [0.15, 0.2) is 0 Å². The molecule has 1 heterocycles. The monoisotopic (exact) mass is 282 g/mol. The van der Waals surface area contributed by atoms with Crippen LogP contribution in [-0.4, -0.2) is 46.7 Å². The third-order valence-corrected chi connectivity index (χ3v) is 4.93. The van der Waals surface area contributed by atoms with Crippen molar-refractivity contribution in [2.45, 2.75) is 83.5 Å². The lowest BCUT2D eigenvalue weighted by Crippen LogP contribution is -2.55. The van der Waals surface area contributed by atoms with E-state index in [0.717, 1.165) is 32.2 Å². The molecule has 0 aromatic heterocycles. The van der Waals surface area contributed by atoms with Gasteiger partial charge in [-0.05, 0) is 53.0 Å². The van der Waals surface area contributed by atoms with Crippen molar-refractivity contribution in [1.82, 2.24) is 10.2 Å². The normalized spacial score (nSPS) is 33.4. The van der Waals surface area contributed by atoms with Crippen LogP contribution in [0.4, 0.5) is 0 Å². The van der Waals surface area contributed by atoms with Gasteiger partial charge in [-0.25, -0.2) is 0 Å². The fourth-order valence-electron chi connectivity index (χ4n) is 3.89. The van der Waals surface area contributed by atoms with E-state index in [1.807, 2.05) is 20.8 Å². The molecule has 0 radical (unpaired) electrons. The lowest BCUT2D eigenvalue weighted by atomic mass is 9.86. The molecule has 2 fully saturated rings. The number of carbonyl (C=O) groups is 1. The van der Waals surface area contributed by atoms with Crippen LogP contribution < -0.4 is 5.32 Å². The molecular formula is C16H30N2O2. The van der Waals surface area contributed by atoms with Crippen LogP contribution in [0, 0.1) is 5.92 Å². The van der Waals surface area contributed by atoms with Crippen LogP contribution in [0.3, 0.4) is 0 Å². The van der Waals surface area contributed by atoms with E-state index in [-0.39, 0.29) is 24.1 Å². The van der Waals surface area contributed by atoms with Gasteiger partial charge in [-0.15, -0.1) is 0 Å². The molecule has 2 rings (SSSR count). The summed E-state index contributed by atoms with van der Waals surface area (Å²) in [7, 11) is 0. The molecule has 4 heteroatoms. The standard InChI is InChI=1S/C16H30N2O2/c1-11(2)17-16(20)12(3)18-10-5-4-8-14(18)13-7-6-9-15(13)19/h11-15,19H,4-10H2,1-3H3,(H,17,20). The van der Waals surface area contributed by atoms with Crippen LogP contribution >= 0.6 is 0 Å². The van der Waals surface area contributed by atoms with Gasteiger partial charge in [0.05, 0.1) is 12.1 Å². The number of nitrogens with one attached hydrogen (secondary N) is 1. The van der Waals surface area contributed by atoms with Crippen LogP contribution in [0.5, 0.6) is 0 Å². The molecule has 0 bridgehead atoms. The maximum Gasteiger partial charge on any atom is 0.237 e. The summed E-state index contributed by atoms with van der Waals surface area (Å²) in [5.74, 6) is 0.490. The second kappa shape index (κ2) is 6.90. The number of piperidine rings is 1. The minimum Gasteiger partial charge on any atom is -0.393 e. The summed E-state index contributed by atoms with van der Waals surface area (Å²) < 4.78 is 0. The smallest absolute Gasteiger partial charge is 0.237 e. The SMILES string of the molecule is CC(C)NC(=O)C(C)N1CCCCC1C1CCCC1O. The molecule has 1 aliphatic heterocycles. The Morgan fingerprint density at radius 2 is 1.90 bits per heavy atom. The predicted molar refractivity (Wildman–Crippen MR) is 80.4 cm³/mol. The van der Waals surface area contributed by atoms with Gasteiger partial charge in [-0.2, -0.15) is 0 Å². The molecule has 2 aliphatic rings. The Balaban J connectivity index is 2.04. The number of nitrogens with zero attached hydrogens (tertiary/aromatic N) is 1. The Morgan fingerprint density at radius 1 is 1.15 bits per heavy atom. The first kappa shape index (κ1) is 15.8. The number of aliphatic hydroxyl groups excluding tert-OH is 1. The van der Waals surface area contributed by atoms with Crippen LogP contribution in [0.2, 0.25) is 0 Å². The van der Waals surface area contributed by atoms with Gasteiger partial charge in [0.2, 0.25) is 5.91 Å². The van der Waals surface area contributed by atoms with Crippen molar-refractivity contribution in [3.63, 3.8) is 0 Å². The highest BCUT2D eigenvalue weighted by Gasteiger charge is 2.39. The molecule has 1 saturated carbocycles. The number of hydrogen-bond acceptors (Lipinski definition) is 3. The molecule has 0 spiro atoms. The van der Waals surface area contributed by atoms with Crippen molar-refractivity contribution < 1.29 is 9.90 Å². The van der Waals surface area contributed by atoms with E-state index in [0.29, 0.717) is 12.0 Å². The molecular weight excluding hydrogens is 252 g/mol. The van der Waals surface area contributed by atoms with Crippen LogP contribution in [0.25, 0.3) is 0 Å². The number of rotatable bonds is 4. The second-order valence-electron chi connectivity index (χ2n) is 6.80. The van der Waals surface area contributed by atoms with Gasteiger partial charge in [-0.1, -0.05) is 12.8 Å². The molecule has 116 valence electrons. The highest BCUT2D eigenvalue weighted by atomic mass is 16.3. The molecule has 1 saturated heterocycles. The molecule has 2 N–H and O–H groups in total. The lowest BCUT2D eigenvalue weighted by molar-refractivity contribution is -0.129. The Hall–Kier alpha value is -0.610. The van der Waals surface area contributed by atoms with Crippen molar-refractivity contribution in [2.75, 3.05) is 6.54 Å². The minimum absolute atomic E-state index is 0.0875. The summed E-state index contributed by atoms with van der Waals surface area (Å²) in [6.45, 7) is 7.00. The van der Waals surface area contributed by atoms with E-state index in [4.69, 9.17) is 0 Å². The fraction of sp³-hybridized carbons (Fsp3) is 0.938. The van der Waals surface area contributed by atoms with E-state index in [1.54, 1.807) is 0 Å². The van der Waals surface area contributed by atoms with Crippen LogP contribution in [0.1, 0.15) is 59.3 Å². The zero-order valence-electron chi connectivity index (χ0n) is 13.1. The number of aliphatic hydroxyl groups is 1. The summed E-state index contributed by atoms with van der Waals surface area (Å²) in [6, 6.07) is 0.481. The maximum atomic E-state index is 12.3. The van der Waals surface area contributed by atoms with Gasteiger partial charge >= 0.3 is 0 Å².